The zero-order valence-corrected chi connectivity index (χ0v) is 25.6. The van der Waals surface area contributed by atoms with Crippen LogP contribution >= 0.6 is 11.8 Å². The van der Waals surface area contributed by atoms with Crippen molar-refractivity contribution < 1.29 is 18.7 Å². The normalized spacial score (nSPS) is 15.7. The summed E-state index contributed by atoms with van der Waals surface area (Å²) in [6, 6.07) is 12.6. The number of aromatic nitrogens is 3. The van der Waals surface area contributed by atoms with Gasteiger partial charge in [-0.05, 0) is 49.9 Å². The van der Waals surface area contributed by atoms with Gasteiger partial charge in [0.15, 0.2) is 11.0 Å². The lowest BCUT2D eigenvalue weighted by atomic mass is 9.91. The smallest absolute Gasteiger partial charge is 0.223 e. The Balaban J connectivity index is 1.39. The van der Waals surface area contributed by atoms with Crippen LogP contribution in [0.2, 0.25) is 0 Å². The van der Waals surface area contributed by atoms with Crippen LogP contribution in [0.3, 0.4) is 0 Å². The maximum atomic E-state index is 15.0. The number of nitrogens with zero attached hydrogens (tertiary/aromatic N) is 5. The summed E-state index contributed by atoms with van der Waals surface area (Å²) >= 11 is 1.49. The first-order valence-electron chi connectivity index (χ1n) is 14.0. The number of methoxy groups -OCH3 is 1. The van der Waals surface area contributed by atoms with E-state index in [4.69, 9.17) is 4.74 Å². The van der Waals surface area contributed by atoms with Gasteiger partial charge in [-0.2, -0.15) is 0 Å². The Kier molecular flexibility index (Phi) is 9.73. The van der Waals surface area contributed by atoms with Crippen LogP contribution in [0, 0.1) is 18.2 Å². The Bertz CT molecular complexity index is 1370. The second-order valence-corrected chi connectivity index (χ2v) is 12.9. The predicted octanol–water partition coefficient (Wildman–Crippen LogP) is 5.76. The number of hydrogen-bond donors (Lipinski definition) is 0. The van der Waals surface area contributed by atoms with E-state index in [-0.39, 0.29) is 23.3 Å². The van der Waals surface area contributed by atoms with Gasteiger partial charge in [-0.1, -0.05) is 50.2 Å². The van der Waals surface area contributed by atoms with Gasteiger partial charge in [0.25, 0.3) is 0 Å². The predicted molar refractivity (Wildman–Crippen MR) is 160 cm³/mol. The number of ether oxygens (including phenoxy) is 1. The molecule has 1 atom stereocenters. The van der Waals surface area contributed by atoms with E-state index in [2.05, 4.69) is 31.0 Å². The van der Waals surface area contributed by atoms with E-state index in [1.54, 1.807) is 12.1 Å². The molecular formula is C31H40FN5O3S. The van der Waals surface area contributed by atoms with E-state index in [9.17, 15) is 9.59 Å². The summed E-state index contributed by atoms with van der Waals surface area (Å²) in [4.78, 5) is 29.5. The van der Waals surface area contributed by atoms with Crippen LogP contribution in [0.1, 0.15) is 52.5 Å². The minimum atomic E-state index is -0.443. The second kappa shape index (κ2) is 13.1. The van der Waals surface area contributed by atoms with Gasteiger partial charge in [0.1, 0.15) is 11.6 Å². The van der Waals surface area contributed by atoms with Crippen LogP contribution < -0.4 is 4.74 Å². The van der Waals surface area contributed by atoms with Crippen molar-refractivity contribution in [3.8, 4) is 22.8 Å². The fourth-order valence-corrected chi connectivity index (χ4v) is 5.81. The van der Waals surface area contributed by atoms with Crippen LogP contribution in [0.4, 0.5) is 4.39 Å². The number of benzene rings is 2. The number of thioether (sulfide) groups is 1. The SMILES string of the molecule is COc1ccc(-c2nnc(SCCCC(=O)N3CCN(C(=O)CC(C)(C)C)C(C)C3)n2-c2ccc(C)cc2)c(F)c1. The average Bonchev–Trinajstić information content (AvgIpc) is 3.33. The zero-order valence-electron chi connectivity index (χ0n) is 24.8. The number of halogens is 1. The van der Waals surface area contributed by atoms with E-state index < -0.39 is 5.82 Å². The molecule has 220 valence electrons. The van der Waals surface area contributed by atoms with Crippen molar-refractivity contribution in [3.63, 3.8) is 0 Å². The molecule has 2 aromatic carbocycles. The molecule has 8 nitrogen and oxygen atoms in total. The molecule has 3 aromatic rings. The maximum absolute atomic E-state index is 15.0. The molecule has 0 saturated carbocycles. The minimum Gasteiger partial charge on any atom is -0.497 e. The molecule has 0 radical (unpaired) electrons. The highest BCUT2D eigenvalue weighted by Crippen LogP contribution is 2.31. The van der Waals surface area contributed by atoms with E-state index in [0.29, 0.717) is 66.9 Å². The van der Waals surface area contributed by atoms with Crippen molar-refractivity contribution in [1.82, 2.24) is 24.6 Å². The molecule has 0 spiro atoms. The summed E-state index contributed by atoms with van der Waals surface area (Å²) in [5.74, 6) is 1.29. The van der Waals surface area contributed by atoms with Crippen LogP contribution in [0.25, 0.3) is 17.1 Å². The largest absolute Gasteiger partial charge is 0.497 e. The monoisotopic (exact) mass is 581 g/mol. The lowest BCUT2D eigenvalue weighted by molar-refractivity contribution is -0.143. The molecule has 2 heterocycles. The molecule has 10 heteroatoms. The summed E-state index contributed by atoms with van der Waals surface area (Å²) in [5, 5.41) is 9.36. The van der Waals surface area contributed by atoms with E-state index in [0.717, 1.165) is 11.3 Å². The van der Waals surface area contributed by atoms with Gasteiger partial charge in [0.2, 0.25) is 11.8 Å². The van der Waals surface area contributed by atoms with Crippen molar-refractivity contribution in [2.75, 3.05) is 32.5 Å². The van der Waals surface area contributed by atoms with Crippen LogP contribution in [-0.4, -0.2) is 74.9 Å². The Morgan fingerprint density at radius 3 is 2.44 bits per heavy atom. The molecule has 2 amide bonds. The van der Waals surface area contributed by atoms with Crippen molar-refractivity contribution >= 4 is 23.6 Å². The molecule has 0 N–H and O–H groups in total. The van der Waals surface area contributed by atoms with E-state index >= 15 is 4.39 Å². The highest BCUT2D eigenvalue weighted by Gasteiger charge is 2.31. The zero-order chi connectivity index (χ0) is 29.7. The molecule has 1 aromatic heterocycles. The van der Waals surface area contributed by atoms with Crippen LogP contribution in [-0.2, 0) is 9.59 Å². The first-order valence-corrected chi connectivity index (χ1v) is 15.0. The molecule has 1 aliphatic heterocycles. The molecule has 1 fully saturated rings. The van der Waals surface area contributed by atoms with E-state index in [1.165, 1.54) is 24.9 Å². The first-order chi connectivity index (χ1) is 19.5. The Labute approximate surface area is 246 Å². The summed E-state index contributed by atoms with van der Waals surface area (Å²) in [6.45, 7) is 11.9. The van der Waals surface area contributed by atoms with Gasteiger partial charge in [-0.15, -0.1) is 10.2 Å². The van der Waals surface area contributed by atoms with Crippen molar-refractivity contribution in [2.45, 2.75) is 65.1 Å². The number of carbonyl (C=O) groups is 2. The highest BCUT2D eigenvalue weighted by atomic mass is 32.2. The van der Waals surface area contributed by atoms with Crippen molar-refractivity contribution in [2.24, 2.45) is 5.41 Å². The Morgan fingerprint density at radius 1 is 1.07 bits per heavy atom. The second-order valence-electron chi connectivity index (χ2n) is 11.8. The average molecular weight is 582 g/mol. The van der Waals surface area contributed by atoms with Gasteiger partial charge in [0, 0.05) is 56.0 Å². The van der Waals surface area contributed by atoms with Gasteiger partial charge < -0.3 is 14.5 Å². The molecule has 4 rings (SSSR count). The third kappa shape index (κ3) is 7.67. The van der Waals surface area contributed by atoms with Crippen molar-refractivity contribution in [3.05, 3.63) is 53.8 Å². The van der Waals surface area contributed by atoms with Gasteiger partial charge in [-0.25, -0.2) is 4.39 Å². The van der Waals surface area contributed by atoms with Gasteiger partial charge >= 0.3 is 0 Å². The number of aryl methyl sites for hydroxylation is 1. The number of piperazine rings is 1. The first kappa shape index (κ1) is 30.6. The number of rotatable bonds is 9. The fourth-order valence-electron chi connectivity index (χ4n) is 4.92. The molecule has 1 saturated heterocycles. The van der Waals surface area contributed by atoms with Gasteiger partial charge in [0.05, 0.1) is 12.7 Å². The third-order valence-electron chi connectivity index (χ3n) is 7.09. The van der Waals surface area contributed by atoms with Crippen LogP contribution in [0.15, 0.2) is 47.6 Å². The molecule has 1 unspecified atom stereocenters. The molecular weight excluding hydrogens is 541 g/mol. The molecule has 0 aliphatic carbocycles. The Morgan fingerprint density at radius 2 is 1.80 bits per heavy atom. The number of hydrogen-bond acceptors (Lipinski definition) is 6. The standard InChI is InChI=1S/C31H40FN5O3S/c1-21-9-11-23(12-10-21)37-29(25-14-13-24(40-6)18-26(25)32)33-34-30(37)41-17-7-8-27(38)35-15-16-36(22(2)20-35)28(39)19-31(3,4)5/h9-14,18,22H,7-8,15-17,19-20H2,1-6H3. The summed E-state index contributed by atoms with van der Waals surface area (Å²) in [6.07, 6.45) is 1.57. The third-order valence-corrected chi connectivity index (χ3v) is 8.11. The number of amides is 2. The summed E-state index contributed by atoms with van der Waals surface area (Å²) in [7, 11) is 1.50. The van der Waals surface area contributed by atoms with Crippen LogP contribution in [0.5, 0.6) is 5.75 Å². The molecule has 41 heavy (non-hydrogen) atoms. The topological polar surface area (TPSA) is 80.6 Å². The fraction of sp³-hybridized carbons (Fsp3) is 0.484. The molecule has 1 aliphatic rings. The highest BCUT2D eigenvalue weighted by molar-refractivity contribution is 7.99. The van der Waals surface area contributed by atoms with Crippen molar-refractivity contribution in [1.29, 1.82) is 0 Å². The molecule has 0 bridgehead atoms. The quantitative estimate of drug-likeness (QED) is 0.236. The minimum absolute atomic E-state index is 0.00163. The Hall–Kier alpha value is -3.40. The van der Waals surface area contributed by atoms with Gasteiger partial charge in [-0.3, -0.25) is 14.2 Å². The maximum Gasteiger partial charge on any atom is 0.223 e. The lowest BCUT2D eigenvalue weighted by Gasteiger charge is -2.41. The summed E-state index contributed by atoms with van der Waals surface area (Å²) < 4.78 is 22.0. The van der Waals surface area contributed by atoms with E-state index in [1.807, 2.05) is 52.5 Å². The summed E-state index contributed by atoms with van der Waals surface area (Å²) in [5.41, 5.74) is 2.21. The lowest BCUT2D eigenvalue weighted by Crippen LogP contribution is -2.55. The number of carbonyl (C=O) groups excluding carboxylic acids is 2.